The smallest absolute Gasteiger partial charge is 0.330 e. The van der Waals surface area contributed by atoms with E-state index in [4.69, 9.17) is 5.11 Å². The van der Waals surface area contributed by atoms with Crippen LogP contribution in [0.1, 0.15) is 6.92 Å². The standard InChI is InChI=1S/C13H15NO2/c1-7(13(15)16)6-12-8(2)10(4)14-11(5)9(12)3/h6,12,14H,2-5H2,1H3,(H,15,16). The highest BCUT2D eigenvalue weighted by Crippen LogP contribution is 2.33. The highest BCUT2D eigenvalue weighted by Gasteiger charge is 2.24. The molecule has 3 heteroatoms. The number of carboxylic acid groups (broad SMARTS) is 1. The van der Waals surface area contributed by atoms with Gasteiger partial charge in [-0.05, 0) is 18.1 Å². The van der Waals surface area contributed by atoms with Crippen molar-refractivity contribution < 1.29 is 9.90 Å². The first-order valence-electron chi connectivity index (χ1n) is 4.79. The predicted octanol–water partition coefficient (Wildman–Crippen LogP) is 2.38. The molecule has 1 saturated heterocycles. The molecule has 0 radical (unpaired) electrons. The summed E-state index contributed by atoms with van der Waals surface area (Å²) in [7, 11) is 0. The van der Waals surface area contributed by atoms with Gasteiger partial charge in [-0.1, -0.05) is 32.4 Å². The van der Waals surface area contributed by atoms with E-state index < -0.39 is 5.97 Å². The van der Waals surface area contributed by atoms with Crippen molar-refractivity contribution in [2.24, 2.45) is 5.92 Å². The lowest BCUT2D eigenvalue weighted by atomic mass is 9.84. The van der Waals surface area contributed by atoms with Crippen LogP contribution in [0.5, 0.6) is 0 Å². The van der Waals surface area contributed by atoms with E-state index in [9.17, 15) is 4.79 Å². The fourth-order valence-corrected chi connectivity index (χ4v) is 1.45. The van der Waals surface area contributed by atoms with E-state index in [2.05, 4.69) is 31.6 Å². The van der Waals surface area contributed by atoms with Gasteiger partial charge in [0.25, 0.3) is 0 Å². The molecule has 0 spiro atoms. The molecule has 1 aliphatic heterocycles. The second-order valence-corrected chi connectivity index (χ2v) is 3.77. The first-order valence-corrected chi connectivity index (χ1v) is 4.79. The molecule has 0 unspecified atom stereocenters. The molecule has 0 aromatic heterocycles. The summed E-state index contributed by atoms with van der Waals surface area (Å²) in [6.07, 6.45) is 1.62. The molecule has 16 heavy (non-hydrogen) atoms. The maximum Gasteiger partial charge on any atom is 0.330 e. The number of hydrogen-bond acceptors (Lipinski definition) is 2. The van der Waals surface area contributed by atoms with Crippen LogP contribution < -0.4 is 5.32 Å². The van der Waals surface area contributed by atoms with Gasteiger partial charge < -0.3 is 10.4 Å². The molecule has 1 rings (SSSR count). The van der Waals surface area contributed by atoms with Crippen LogP contribution in [-0.4, -0.2) is 11.1 Å². The summed E-state index contributed by atoms with van der Waals surface area (Å²) in [6, 6.07) is 0. The lowest BCUT2D eigenvalue weighted by molar-refractivity contribution is -0.132. The van der Waals surface area contributed by atoms with E-state index in [0.717, 1.165) is 11.1 Å². The van der Waals surface area contributed by atoms with E-state index >= 15 is 0 Å². The topological polar surface area (TPSA) is 49.3 Å². The van der Waals surface area contributed by atoms with Crippen LogP contribution in [0.15, 0.2) is 60.5 Å². The number of piperidine rings is 1. The Morgan fingerprint density at radius 2 is 1.69 bits per heavy atom. The van der Waals surface area contributed by atoms with Gasteiger partial charge in [-0.2, -0.15) is 0 Å². The van der Waals surface area contributed by atoms with Gasteiger partial charge in [0.15, 0.2) is 0 Å². The van der Waals surface area contributed by atoms with Crippen LogP contribution >= 0.6 is 0 Å². The Balaban J connectivity index is 3.10. The van der Waals surface area contributed by atoms with Crippen molar-refractivity contribution in [1.82, 2.24) is 5.32 Å². The van der Waals surface area contributed by atoms with E-state index in [-0.39, 0.29) is 11.5 Å². The largest absolute Gasteiger partial charge is 0.478 e. The third kappa shape index (κ3) is 2.14. The van der Waals surface area contributed by atoms with Gasteiger partial charge in [-0.15, -0.1) is 0 Å². The summed E-state index contributed by atoms with van der Waals surface area (Å²) in [5, 5.41) is 11.8. The van der Waals surface area contributed by atoms with Crippen LogP contribution in [-0.2, 0) is 4.79 Å². The Morgan fingerprint density at radius 3 is 2.06 bits per heavy atom. The van der Waals surface area contributed by atoms with Crippen molar-refractivity contribution in [3.63, 3.8) is 0 Å². The Labute approximate surface area is 95.2 Å². The molecule has 3 nitrogen and oxygen atoms in total. The summed E-state index contributed by atoms with van der Waals surface area (Å²) in [6.45, 7) is 16.9. The van der Waals surface area contributed by atoms with Crippen molar-refractivity contribution in [1.29, 1.82) is 0 Å². The summed E-state index contributed by atoms with van der Waals surface area (Å²) >= 11 is 0. The fourth-order valence-electron chi connectivity index (χ4n) is 1.45. The molecule has 0 aromatic rings. The number of nitrogens with one attached hydrogen (secondary N) is 1. The molecule has 1 aliphatic rings. The number of hydrogen-bond donors (Lipinski definition) is 2. The van der Waals surface area contributed by atoms with Crippen molar-refractivity contribution in [2.45, 2.75) is 6.92 Å². The zero-order chi connectivity index (χ0) is 12.5. The van der Waals surface area contributed by atoms with Crippen LogP contribution in [0.3, 0.4) is 0 Å². The number of aliphatic carboxylic acids is 1. The molecular formula is C13H15NO2. The van der Waals surface area contributed by atoms with Gasteiger partial charge in [-0.25, -0.2) is 4.79 Å². The highest BCUT2D eigenvalue weighted by atomic mass is 16.4. The average Bonchev–Trinajstić information content (AvgIpc) is 2.21. The quantitative estimate of drug-likeness (QED) is 0.698. The van der Waals surface area contributed by atoms with Crippen molar-refractivity contribution in [3.8, 4) is 0 Å². The van der Waals surface area contributed by atoms with Crippen molar-refractivity contribution >= 4 is 5.97 Å². The van der Waals surface area contributed by atoms with E-state index in [0.29, 0.717) is 11.4 Å². The fraction of sp³-hybridized carbons (Fsp3) is 0.154. The first kappa shape index (κ1) is 12.0. The molecule has 1 heterocycles. The van der Waals surface area contributed by atoms with Gasteiger partial charge in [-0.3, -0.25) is 0 Å². The summed E-state index contributed by atoms with van der Waals surface area (Å²) in [5.41, 5.74) is 3.00. The monoisotopic (exact) mass is 217 g/mol. The summed E-state index contributed by atoms with van der Waals surface area (Å²) in [5.74, 6) is -1.19. The van der Waals surface area contributed by atoms with E-state index in [1.807, 2.05) is 0 Å². The normalized spacial score (nSPS) is 18.7. The average molecular weight is 217 g/mol. The Kier molecular flexibility index (Phi) is 3.18. The van der Waals surface area contributed by atoms with Crippen LogP contribution in [0, 0.1) is 5.92 Å². The maximum atomic E-state index is 10.8. The number of carboxylic acids is 1. The highest BCUT2D eigenvalue weighted by molar-refractivity contribution is 5.86. The minimum atomic E-state index is -0.949. The second-order valence-electron chi connectivity index (χ2n) is 3.77. The molecule has 0 saturated carbocycles. The third-order valence-corrected chi connectivity index (χ3v) is 2.58. The van der Waals surface area contributed by atoms with Gasteiger partial charge in [0.05, 0.1) is 0 Å². The number of carbonyl (C=O) groups is 1. The third-order valence-electron chi connectivity index (χ3n) is 2.58. The molecule has 84 valence electrons. The zero-order valence-electron chi connectivity index (χ0n) is 9.34. The van der Waals surface area contributed by atoms with E-state index in [1.54, 1.807) is 6.08 Å². The maximum absolute atomic E-state index is 10.8. The Bertz CT molecular complexity index is 415. The number of allylic oxidation sites excluding steroid dienone is 3. The van der Waals surface area contributed by atoms with Crippen LogP contribution in [0.25, 0.3) is 0 Å². The lowest BCUT2D eigenvalue weighted by Gasteiger charge is -2.29. The molecule has 2 N–H and O–H groups in total. The van der Waals surface area contributed by atoms with Gasteiger partial charge in [0, 0.05) is 22.9 Å². The second kappa shape index (κ2) is 4.23. The van der Waals surface area contributed by atoms with Gasteiger partial charge in [0.2, 0.25) is 0 Å². The molecule has 1 fully saturated rings. The van der Waals surface area contributed by atoms with Crippen molar-refractivity contribution in [2.75, 3.05) is 0 Å². The molecule has 0 aliphatic carbocycles. The molecule has 0 aromatic carbocycles. The molecule has 0 atom stereocenters. The van der Waals surface area contributed by atoms with Crippen LogP contribution in [0.4, 0.5) is 0 Å². The lowest BCUT2D eigenvalue weighted by Crippen LogP contribution is -2.26. The number of rotatable bonds is 2. The first-order chi connectivity index (χ1) is 7.34. The Hall–Kier alpha value is -2.03. The van der Waals surface area contributed by atoms with Crippen molar-refractivity contribution in [3.05, 3.63) is 60.5 Å². The SMILES string of the molecule is C=C1NC(=C)C(=C)C(C=C(C)C(=O)O)C1=C. The predicted molar refractivity (Wildman–Crippen MR) is 64.6 cm³/mol. The van der Waals surface area contributed by atoms with Crippen LogP contribution in [0.2, 0.25) is 0 Å². The summed E-state index contributed by atoms with van der Waals surface area (Å²) in [4.78, 5) is 10.8. The molecule has 0 amide bonds. The minimum absolute atomic E-state index is 0.239. The molecule has 0 bridgehead atoms. The van der Waals surface area contributed by atoms with E-state index in [1.165, 1.54) is 6.92 Å². The molecular weight excluding hydrogens is 202 g/mol. The Morgan fingerprint density at radius 1 is 1.25 bits per heavy atom. The van der Waals surface area contributed by atoms with Gasteiger partial charge in [0.1, 0.15) is 0 Å². The van der Waals surface area contributed by atoms with Gasteiger partial charge >= 0.3 is 5.97 Å². The minimum Gasteiger partial charge on any atom is -0.478 e. The summed E-state index contributed by atoms with van der Waals surface area (Å²) < 4.78 is 0. The zero-order valence-corrected chi connectivity index (χ0v) is 9.34.